The van der Waals surface area contributed by atoms with E-state index in [0.29, 0.717) is 0 Å². The predicted octanol–water partition coefficient (Wildman–Crippen LogP) is 2.72. The average molecular weight is 355 g/mol. The van der Waals surface area contributed by atoms with E-state index in [4.69, 9.17) is 0 Å². The van der Waals surface area contributed by atoms with Gasteiger partial charge in [0.2, 0.25) is 0 Å². The molecule has 2 aromatic heterocycles. The Morgan fingerprint density at radius 3 is 3.10 bits per heavy atom. The molecule has 0 bridgehead atoms. The third kappa shape index (κ3) is 3.81. The van der Waals surface area contributed by atoms with E-state index in [1.165, 1.54) is 0 Å². The van der Waals surface area contributed by atoms with E-state index in [1.54, 1.807) is 6.20 Å². The number of hydrogen-bond acceptors (Lipinski definition) is 4. The Hall–Kier alpha value is -0.980. The summed E-state index contributed by atoms with van der Waals surface area (Å²) in [7, 11) is 0. The second kappa shape index (κ2) is 7.33. The molecule has 2 N–H and O–H groups in total. The number of halogens is 1. The van der Waals surface area contributed by atoms with Crippen LogP contribution in [0.4, 0.5) is 0 Å². The van der Waals surface area contributed by atoms with Crippen LogP contribution in [0.3, 0.4) is 0 Å². The lowest BCUT2D eigenvalue weighted by Gasteiger charge is -2.29. The van der Waals surface area contributed by atoms with Crippen LogP contribution in [0.2, 0.25) is 0 Å². The molecule has 0 aromatic carbocycles. The Morgan fingerprint density at radius 2 is 2.29 bits per heavy atom. The normalized spacial score (nSPS) is 22.2. The number of rotatable bonds is 4. The van der Waals surface area contributed by atoms with Crippen LogP contribution < -0.4 is 5.32 Å². The molecule has 1 saturated heterocycles. The molecule has 0 radical (unpaired) electrons. The van der Waals surface area contributed by atoms with Gasteiger partial charge in [-0.2, -0.15) is 0 Å². The van der Waals surface area contributed by atoms with Gasteiger partial charge >= 0.3 is 0 Å². The van der Waals surface area contributed by atoms with E-state index in [9.17, 15) is 5.11 Å². The van der Waals surface area contributed by atoms with Gasteiger partial charge in [-0.25, -0.2) is 9.97 Å². The van der Waals surface area contributed by atoms with Gasteiger partial charge in [0, 0.05) is 12.6 Å². The lowest BCUT2D eigenvalue weighted by Crippen LogP contribution is -2.44. The highest BCUT2D eigenvalue weighted by Crippen LogP contribution is 2.18. The van der Waals surface area contributed by atoms with Crippen LogP contribution in [0.5, 0.6) is 0 Å². The molecular weight excluding hydrogens is 332 g/mol. The average Bonchev–Trinajstić information content (AvgIpc) is 2.83. The summed E-state index contributed by atoms with van der Waals surface area (Å²) >= 11 is 3.39. The van der Waals surface area contributed by atoms with Crippen LogP contribution in [0.15, 0.2) is 23.2 Å². The van der Waals surface area contributed by atoms with Crippen molar-refractivity contribution in [3.05, 3.63) is 23.2 Å². The zero-order chi connectivity index (χ0) is 13.9. The number of nitrogens with one attached hydrogen (secondary N) is 1. The molecular formula is C15H23BrN4O. The van der Waals surface area contributed by atoms with Crippen molar-refractivity contribution in [2.24, 2.45) is 0 Å². The Kier molecular flexibility index (Phi) is 5.72. The molecule has 5 nitrogen and oxygen atoms in total. The fourth-order valence-corrected chi connectivity index (χ4v) is 3.15. The van der Waals surface area contributed by atoms with Crippen molar-refractivity contribution >= 4 is 27.0 Å². The van der Waals surface area contributed by atoms with Crippen LogP contribution in [-0.2, 0) is 6.54 Å². The second-order valence-electron chi connectivity index (χ2n) is 5.35. The number of imidazole rings is 1. The molecule has 2 atom stereocenters. The first-order valence-electron chi connectivity index (χ1n) is 7.12. The van der Waals surface area contributed by atoms with Crippen molar-refractivity contribution in [3.8, 4) is 0 Å². The molecule has 6 heteroatoms. The van der Waals surface area contributed by atoms with Crippen LogP contribution in [-0.4, -0.2) is 38.3 Å². The maximum atomic E-state index is 9.94. The largest absolute Gasteiger partial charge is 0.392 e. The van der Waals surface area contributed by atoms with Crippen LogP contribution in [0.1, 0.15) is 33.1 Å². The Morgan fingerprint density at radius 1 is 1.43 bits per heavy atom. The van der Waals surface area contributed by atoms with Gasteiger partial charge in [-0.1, -0.05) is 7.43 Å². The molecule has 0 spiro atoms. The highest BCUT2D eigenvalue weighted by atomic mass is 79.9. The molecule has 0 saturated carbocycles. The van der Waals surface area contributed by atoms with Gasteiger partial charge in [0.1, 0.15) is 10.1 Å². The standard InChI is InChI=1S/C14H19BrN4O.CH4/c15-14-7-12-11(8-17-14)18-9-19(12)6-2-3-10-13(20)4-1-5-16-10;/h7-10,13,16,20H,1-6H2;1H4/t10-,13+;/m1./s1. The van der Waals surface area contributed by atoms with E-state index < -0.39 is 0 Å². The first-order chi connectivity index (χ1) is 9.74. The maximum absolute atomic E-state index is 9.94. The highest BCUT2D eigenvalue weighted by molar-refractivity contribution is 9.10. The number of pyridine rings is 1. The van der Waals surface area contributed by atoms with Gasteiger partial charge < -0.3 is 15.0 Å². The van der Waals surface area contributed by atoms with Crippen molar-refractivity contribution in [1.82, 2.24) is 19.9 Å². The number of aromatic nitrogens is 3. The summed E-state index contributed by atoms with van der Waals surface area (Å²) in [4.78, 5) is 8.54. The fourth-order valence-electron chi connectivity index (χ4n) is 2.83. The number of piperidine rings is 1. The van der Waals surface area contributed by atoms with Crippen LogP contribution in [0.25, 0.3) is 11.0 Å². The monoisotopic (exact) mass is 354 g/mol. The van der Waals surface area contributed by atoms with E-state index in [1.807, 2.05) is 12.4 Å². The quantitative estimate of drug-likeness (QED) is 0.828. The number of nitrogens with zero attached hydrogens (tertiary/aromatic N) is 3. The summed E-state index contributed by atoms with van der Waals surface area (Å²) in [6.07, 6.45) is 7.47. The Balaban J connectivity index is 0.00000161. The van der Waals surface area contributed by atoms with Crippen LogP contribution in [0, 0.1) is 0 Å². The molecule has 3 rings (SSSR count). The summed E-state index contributed by atoms with van der Waals surface area (Å²) in [5.74, 6) is 0. The minimum atomic E-state index is -0.193. The van der Waals surface area contributed by atoms with Gasteiger partial charge in [-0.3, -0.25) is 0 Å². The van der Waals surface area contributed by atoms with Crippen molar-refractivity contribution in [2.75, 3.05) is 6.54 Å². The Labute approximate surface area is 133 Å². The number of fused-ring (bicyclic) bond motifs is 1. The molecule has 1 aliphatic heterocycles. The number of aliphatic hydroxyl groups excluding tert-OH is 1. The van der Waals surface area contributed by atoms with Crippen molar-refractivity contribution < 1.29 is 5.11 Å². The Bertz CT molecular complexity index is 586. The first-order valence-corrected chi connectivity index (χ1v) is 7.91. The van der Waals surface area contributed by atoms with Crippen molar-refractivity contribution in [3.63, 3.8) is 0 Å². The van der Waals surface area contributed by atoms with E-state index in [2.05, 4.69) is 35.8 Å². The minimum absolute atomic E-state index is 0. The maximum Gasteiger partial charge on any atom is 0.108 e. The molecule has 1 aliphatic rings. The highest BCUT2D eigenvalue weighted by Gasteiger charge is 2.21. The zero-order valence-electron chi connectivity index (χ0n) is 11.3. The van der Waals surface area contributed by atoms with Gasteiger partial charge in [0.05, 0.1) is 24.1 Å². The van der Waals surface area contributed by atoms with Gasteiger partial charge in [0.15, 0.2) is 0 Å². The topological polar surface area (TPSA) is 63.0 Å². The van der Waals surface area contributed by atoms with Gasteiger partial charge in [-0.05, 0) is 54.2 Å². The smallest absolute Gasteiger partial charge is 0.108 e. The minimum Gasteiger partial charge on any atom is -0.392 e. The summed E-state index contributed by atoms with van der Waals surface area (Å²) in [6.45, 7) is 1.94. The summed E-state index contributed by atoms with van der Waals surface area (Å²) in [5.41, 5.74) is 2.02. The number of aryl methyl sites for hydroxylation is 1. The lowest BCUT2D eigenvalue weighted by atomic mass is 9.97. The second-order valence-corrected chi connectivity index (χ2v) is 6.16. The summed E-state index contributed by atoms with van der Waals surface area (Å²) in [5, 5.41) is 13.3. The number of hydrogen-bond donors (Lipinski definition) is 2. The van der Waals surface area contributed by atoms with Crippen molar-refractivity contribution in [2.45, 2.75) is 51.8 Å². The predicted molar refractivity (Wildman–Crippen MR) is 88.2 cm³/mol. The molecule has 116 valence electrons. The molecule has 0 amide bonds. The molecule has 21 heavy (non-hydrogen) atoms. The molecule has 2 aromatic rings. The third-order valence-corrected chi connectivity index (χ3v) is 4.37. The van der Waals surface area contributed by atoms with Gasteiger partial charge in [0.25, 0.3) is 0 Å². The van der Waals surface area contributed by atoms with Crippen molar-refractivity contribution in [1.29, 1.82) is 0 Å². The molecule has 0 unspecified atom stereocenters. The summed E-state index contributed by atoms with van der Waals surface area (Å²) in [6, 6.07) is 2.24. The zero-order valence-corrected chi connectivity index (χ0v) is 12.9. The lowest BCUT2D eigenvalue weighted by molar-refractivity contribution is 0.0909. The number of aliphatic hydroxyl groups is 1. The first kappa shape index (κ1) is 16.4. The fraction of sp³-hybridized carbons (Fsp3) is 0.600. The SMILES string of the molecule is C.O[C@H]1CCCN[C@@H]1CCCn1cnc2cnc(Br)cc21. The molecule has 0 aliphatic carbocycles. The third-order valence-electron chi connectivity index (χ3n) is 3.94. The van der Waals surface area contributed by atoms with E-state index in [0.717, 1.165) is 54.4 Å². The van der Waals surface area contributed by atoms with E-state index in [-0.39, 0.29) is 19.6 Å². The molecule has 1 fully saturated rings. The van der Waals surface area contributed by atoms with Crippen LogP contribution >= 0.6 is 15.9 Å². The molecule has 3 heterocycles. The van der Waals surface area contributed by atoms with Gasteiger partial charge in [-0.15, -0.1) is 0 Å². The summed E-state index contributed by atoms with van der Waals surface area (Å²) < 4.78 is 2.98. The van der Waals surface area contributed by atoms with E-state index >= 15 is 0 Å².